The zero-order valence-electron chi connectivity index (χ0n) is 19.7. The minimum absolute atomic E-state index is 0.156. The first-order valence-corrected chi connectivity index (χ1v) is 11.6. The third kappa shape index (κ3) is 7.15. The summed E-state index contributed by atoms with van der Waals surface area (Å²) in [5, 5.41) is 9.35. The first-order valence-electron chi connectivity index (χ1n) is 11.6. The SMILES string of the molecule is O=C(/C=C/c1ccc(O)cc1)CC(=O)/C=C/c1cc(OCc2ccccc2)ccc1-c1ccccc1. The van der Waals surface area contributed by atoms with Gasteiger partial charge in [0.2, 0.25) is 0 Å². The Kier molecular flexibility index (Phi) is 8.23. The van der Waals surface area contributed by atoms with Gasteiger partial charge in [-0.1, -0.05) is 91.0 Å². The van der Waals surface area contributed by atoms with Gasteiger partial charge in [-0.05, 0) is 64.2 Å². The van der Waals surface area contributed by atoms with Crippen molar-refractivity contribution in [3.8, 4) is 22.6 Å². The highest BCUT2D eigenvalue weighted by Gasteiger charge is 2.08. The molecular weight excluding hydrogens is 448 g/mol. The lowest BCUT2D eigenvalue weighted by Crippen LogP contribution is -2.02. The topological polar surface area (TPSA) is 63.6 Å². The molecule has 0 aliphatic rings. The lowest BCUT2D eigenvalue weighted by atomic mass is 9.98. The molecule has 0 aromatic heterocycles. The second-order valence-corrected chi connectivity index (χ2v) is 8.26. The molecule has 0 amide bonds. The van der Waals surface area contributed by atoms with Crippen LogP contribution >= 0.6 is 0 Å². The summed E-state index contributed by atoms with van der Waals surface area (Å²) in [6.07, 6.45) is 5.95. The van der Waals surface area contributed by atoms with E-state index in [1.165, 1.54) is 12.2 Å². The Bertz CT molecular complexity index is 1370. The largest absolute Gasteiger partial charge is 0.508 e. The lowest BCUT2D eigenvalue weighted by Gasteiger charge is -2.11. The Hall–Kier alpha value is -4.70. The second-order valence-electron chi connectivity index (χ2n) is 8.26. The van der Waals surface area contributed by atoms with Crippen LogP contribution in [-0.2, 0) is 16.2 Å². The fourth-order valence-electron chi connectivity index (χ4n) is 3.64. The van der Waals surface area contributed by atoms with Crippen molar-refractivity contribution in [1.82, 2.24) is 0 Å². The minimum Gasteiger partial charge on any atom is -0.508 e. The van der Waals surface area contributed by atoms with Crippen molar-refractivity contribution in [2.24, 2.45) is 0 Å². The average molecular weight is 475 g/mol. The second kappa shape index (κ2) is 12.1. The van der Waals surface area contributed by atoms with E-state index in [1.54, 1.807) is 36.4 Å². The van der Waals surface area contributed by atoms with Crippen LogP contribution in [0, 0.1) is 0 Å². The smallest absolute Gasteiger partial charge is 0.163 e. The van der Waals surface area contributed by atoms with Gasteiger partial charge >= 0.3 is 0 Å². The van der Waals surface area contributed by atoms with Crippen LogP contribution in [-0.4, -0.2) is 16.7 Å². The maximum absolute atomic E-state index is 12.5. The van der Waals surface area contributed by atoms with Crippen molar-refractivity contribution in [3.63, 3.8) is 0 Å². The van der Waals surface area contributed by atoms with E-state index in [1.807, 2.05) is 78.9 Å². The van der Waals surface area contributed by atoms with Gasteiger partial charge in [0.05, 0.1) is 6.42 Å². The highest BCUT2D eigenvalue weighted by molar-refractivity contribution is 6.11. The summed E-state index contributed by atoms with van der Waals surface area (Å²) in [5.74, 6) is 0.271. The molecule has 0 radical (unpaired) electrons. The van der Waals surface area contributed by atoms with Gasteiger partial charge in [0, 0.05) is 0 Å². The van der Waals surface area contributed by atoms with Crippen LogP contribution in [0.3, 0.4) is 0 Å². The zero-order chi connectivity index (χ0) is 25.2. The lowest BCUT2D eigenvalue weighted by molar-refractivity contribution is -0.121. The van der Waals surface area contributed by atoms with Gasteiger partial charge in [-0.25, -0.2) is 0 Å². The summed E-state index contributed by atoms with van der Waals surface area (Å²) in [4.78, 5) is 24.8. The Morgan fingerprint density at radius 2 is 1.36 bits per heavy atom. The summed E-state index contributed by atoms with van der Waals surface area (Å²) in [6, 6.07) is 32.1. The molecule has 4 aromatic carbocycles. The van der Waals surface area contributed by atoms with Crippen molar-refractivity contribution in [1.29, 1.82) is 0 Å². The third-order valence-corrected chi connectivity index (χ3v) is 5.51. The zero-order valence-corrected chi connectivity index (χ0v) is 19.7. The fourth-order valence-corrected chi connectivity index (χ4v) is 3.64. The van der Waals surface area contributed by atoms with E-state index < -0.39 is 0 Å². The molecule has 178 valence electrons. The summed E-state index contributed by atoms with van der Waals surface area (Å²) < 4.78 is 5.98. The Morgan fingerprint density at radius 1 is 0.722 bits per heavy atom. The minimum atomic E-state index is -0.291. The van der Waals surface area contributed by atoms with E-state index in [0.29, 0.717) is 12.4 Å². The van der Waals surface area contributed by atoms with E-state index in [9.17, 15) is 14.7 Å². The normalized spacial score (nSPS) is 11.1. The molecule has 0 atom stereocenters. The van der Waals surface area contributed by atoms with Crippen LogP contribution < -0.4 is 4.74 Å². The summed E-state index contributed by atoms with van der Waals surface area (Å²) >= 11 is 0. The molecule has 0 saturated heterocycles. The standard InChI is InChI=1S/C32H26O4/c33-28-15-11-24(12-16-28)13-17-29(34)22-30(35)18-14-27-21-31(36-23-25-7-3-1-4-8-25)19-20-32(27)26-9-5-2-6-10-26/h1-21,33H,22-23H2/b17-13+,18-14+. The van der Waals surface area contributed by atoms with Crippen molar-refractivity contribution >= 4 is 23.7 Å². The molecule has 0 aliphatic carbocycles. The monoisotopic (exact) mass is 474 g/mol. The van der Waals surface area contributed by atoms with Gasteiger partial charge in [-0.2, -0.15) is 0 Å². The number of ether oxygens (including phenoxy) is 1. The molecule has 0 unspecified atom stereocenters. The maximum atomic E-state index is 12.5. The number of hydrogen-bond acceptors (Lipinski definition) is 4. The first-order chi connectivity index (χ1) is 17.6. The predicted molar refractivity (Wildman–Crippen MR) is 143 cm³/mol. The number of allylic oxidation sites excluding steroid dienone is 2. The number of ketones is 2. The number of phenols is 1. The van der Waals surface area contributed by atoms with Crippen molar-refractivity contribution in [2.45, 2.75) is 13.0 Å². The van der Waals surface area contributed by atoms with Crippen molar-refractivity contribution in [3.05, 3.63) is 132 Å². The number of carbonyl (C=O) groups is 2. The number of benzene rings is 4. The van der Waals surface area contributed by atoms with Crippen molar-refractivity contribution < 1.29 is 19.4 Å². The van der Waals surface area contributed by atoms with Gasteiger partial charge in [0.15, 0.2) is 11.6 Å². The molecule has 0 bridgehead atoms. The summed E-state index contributed by atoms with van der Waals surface area (Å²) in [6.45, 7) is 0.440. The molecule has 4 heteroatoms. The highest BCUT2D eigenvalue weighted by atomic mass is 16.5. The van der Waals surface area contributed by atoms with Gasteiger partial charge in [-0.15, -0.1) is 0 Å². The van der Waals surface area contributed by atoms with E-state index >= 15 is 0 Å². The van der Waals surface area contributed by atoms with Gasteiger partial charge < -0.3 is 9.84 Å². The molecule has 4 nitrogen and oxygen atoms in total. The molecule has 1 N–H and O–H groups in total. The van der Waals surface area contributed by atoms with E-state index in [2.05, 4.69) is 0 Å². The molecule has 0 spiro atoms. The maximum Gasteiger partial charge on any atom is 0.163 e. The molecule has 36 heavy (non-hydrogen) atoms. The average Bonchev–Trinajstić information content (AvgIpc) is 2.91. The van der Waals surface area contributed by atoms with Gasteiger partial charge in [0.1, 0.15) is 18.1 Å². The van der Waals surface area contributed by atoms with Gasteiger partial charge in [-0.3, -0.25) is 9.59 Å². The third-order valence-electron chi connectivity index (χ3n) is 5.51. The molecular formula is C32H26O4. The number of rotatable bonds is 10. The van der Waals surface area contributed by atoms with Crippen molar-refractivity contribution in [2.75, 3.05) is 0 Å². The predicted octanol–water partition coefficient (Wildman–Crippen LogP) is 6.89. The van der Waals surface area contributed by atoms with Crippen LogP contribution in [0.4, 0.5) is 0 Å². The number of aromatic hydroxyl groups is 1. The molecule has 0 aliphatic heterocycles. The molecule has 0 saturated carbocycles. The number of phenolic OH excluding ortho intramolecular Hbond substituents is 1. The molecule has 4 aromatic rings. The summed E-state index contributed by atoms with van der Waals surface area (Å²) in [7, 11) is 0. The molecule has 4 rings (SSSR count). The quantitative estimate of drug-likeness (QED) is 0.201. The number of hydrogen-bond donors (Lipinski definition) is 1. The summed E-state index contributed by atoms with van der Waals surface area (Å²) in [5.41, 5.74) is 4.64. The van der Waals surface area contributed by atoms with E-state index in [-0.39, 0.29) is 23.7 Å². The van der Waals surface area contributed by atoms with E-state index in [4.69, 9.17) is 4.74 Å². The fraction of sp³-hybridized carbons (Fsp3) is 0.0625. The van der Waals surface area contributed by atoms with E-state index in [0.717, 1.165) is 27.8 Å². The Morgan fingerprint density at radius 3 is 2.06 bits per heavy atom. The highest BCUT2D eigenvalue weighted by Crippen LogP contribution is 2.29. The van der Waals surface area contributed by atoms with Crippen LogP contribution in [0.5, 0.6) is 11.5 Å². The van der Waals surface area contributed by atoms with Crippen LogP contribution in [0.25, 0.3) is 23.3 Å². The van der Waals surface area contributed by atoms with Gasteiger partial charge in [0.25, 0.3) is 0 Å². The Balaban J connectivity index is 1.47. The molecule has 0 heterocycles. The van der Waals surface area contributed by atoms with Crippen LogP contribution in [0.15, 0.2) is 115 Å². The van der Waals surface area contributed by atoms with Crippen LogP contribution in [0.1, 0.15) is 23.1 Å². The Labute approximate surface area is 210 Å². The molecule has 0 fully saturated rings. The van der Waals surface area contributed by atoms with Crippen LogP contribution in [0.2, 0.25) is 0 Å². The first kappa shape index (κ1) is 24.4. The number of carbonyl (C=O) groups excluding carboxylic acids is 2.